The highest BCUT2D eigenvalue weighted by molar-refractivity contribution is 6.48. The summed E-state index contributed by atoms with van der Waals surface area (Å²) in [7, 11) is 3.20. The summed E-state index contributed by atoms with van der Waals surface area (Å²) < 4.78 is 10.6. The number of hydrogen-bond donors (Lipinski definition) is 1. The summed E-state index contributed by atoms with van der Waals surface area (Å²) in [5, 5.41) is 4.24. The molecular weight excluding hydrogens is 304 g/mol. The first-order chi connectivity index (χ1) is 11.6. The predicted molar refractivity (Wildman–Crippen MR) is 93.2 cm³/mol. The Bertz CT molecular complexity index is 782. The Balaban J connectivity index is 1.90. The number of benzene rings is 2. The van der Waals surface area contributed by atoms with Gasteiger partial charge in [-0.15, -0.1) is 0 Å². The van der Waals surface area contributed by atoms with Crippen molar-refractivity contribution in [2.45, 2.75) is 12.8 Å². The summed E-state index contributed by atoms with van der Waals surface area (Å²) in [4.78, 5) is 12.8. The Morgan fingerprint density at radius 2 is 1.79 bits per heavy atom. The zero-order chi connectivity index (χ0) is 17.1. The van der Waals surface area contributed by atoms with Gasteiger partial charge in [-0.2, -0.15) is 5.10 Å². The van der Waals surface area contributed by atoms with Crippen LogP contribution in [0.1, 0.15) is 27.4 Å². The van der Waals surface area contributed by atoms with Gasteiger partial charge in [-0.05, 0) is 24.6 Å². The number of nitrogens with one attached hydrogen (secondary N) is 1. The fourth-order valence-corrected chi connectivity index (χ4v) is 2.80. The molecule has 0 fully saturated rings. The van der Waals surface area contributed by atoms with E-state index in [0.29, 0.717) is 29.3 Å². The Morgan fingerprint density at radius 1 is 1.08 bits per heavy atom. The van der Waals surface area contributed by atoms with E-state index in [1.807, 2.05) is 49.4 Å². The van der Waals surface area contributed by atoms with Crippen LogP contribution in [-0.2, 0) is 0 Å². The van der Waals surface area contributed by atoms with Crippen LogP contribution in [0.2, 0.25) is 0 Å². The number of methoxy groups -OCH3 is 2. The molecular formula is C19H20N2O3. The fourth-order valence-electron chi connectivity index (χ4n) is 2.80. The van der Waals surface area contributed by atoms with E-state index in [1.165, 1.54) is 0 Å². The van der Waals surface area contributed by atoms with E-state index in [4.69, 9.17) is 9.47 Å². The number of Topliss-reactive ketones (excluding diaryl/α,β-unsaturated/α-hetero) is 1. The van der Waals surface area contributed by atoms with E-state index in [0.717, 1.165) is 11.1 Å². The molecule has 0 saturated carbocycles. The summed E-state index contributed by atoms with van der Waals surface area (Å²) in [6.07, 6.45) is 0. The average molecular weight is 324 g/mol. The van der Waals surface area contributed by atoms with Crippen LogP contribution in [-0.4, -0.2) is 32.3 Å². The molecule has 0 radical (unpaired) electrons. The zero-order valence-electron chi connectivity index (χ0n) is 14.0. The van der Waals surface area contributed by atoms with Gasteiger partial charge in [-0.3, -0.25) is 4.79 Å². The first-order valence-corrected chi connectivity index (χ1v) is 7.77. The number of nitrogens with zero attached hydrogens (tertiary/aromatic N) is 1. The third-order valence-corrected chi connectivity index (χ3v) is 4.18. The first kappa shape index (κ1) is 16.1. The standard InChI is InChI=1S/C19H20N2O3/c1-12-4-6-13(7-5-12)19(22)18-15(11-20-21-18)14-8-9-16(23-2)17(10-14)24-3/h4-10,15,20H,11H2,1-3H3. The quantitative estimate of drug-likeness (QED) is 0.859. The molecule has 1 heterocycles. The van der Waals surface area contributed by atoms with Crippen molar-refractivity contribution in [3.63, 3.8) is 0 Å². The zero-order valence-corrected chi connectivity index (χ0v) is 14.0. The minimum absolute atomic E-state index is 0.0558. The summed E-state index contributed by atoms with van der Waals surface area (Å²) in [6.45, 7) is 2.58. The highest BCUT2D eigenvalue weighted by atomic mass is 16.5. The third-order valence-electron chi connectivity index (χ3n) is 4.18. The molecule has 2 aromatic rings. The second-order valence-corrected chi connectivity index (χ2v) is 5.72. The van der Waals surface area contributed by atoms with Gasteiger partial charge in [0.1, 0.15) is 5.71 Å². The van der Waals surface area contributed by atoms with E-state index in [-0.39, 0.29) is 11.7 Å². The lowest BCUT2D eigenvalue weighted by Gasteiger charge is -2.15. The van der Waals surface area contributed by atoms with E-state index in [1.54, 1.807) is 14.2 Å². The Kier molecular flexibility index (Phi) is 4.51. The van der Waals surface area contributed by atoms with Crippen molar-refractivity contribution in [1.82, 2.24) is 5.43 Å². The number of hydrogen-bond acceptors (Lipinski definition) is 5. The number of rotatable bonds is 5. The first-order valence-electron chi connectivity index (χ1n) is 7.77. The third kappa shape index (κ3) is 2.97. The van der Waals surface area contributed by atoms with Crippen molar-refractivity contribution in [2.75, 3.05) is 20.8 Å². The van der Waals surface area contributed by atoms with Gasteiger partial charge in [-0.1, -0.05) is 35.9 Å². The van der Waals surface area contributed by atoms with Gasteiger partial charge in [0.2, 0.25) is 5.78 Å². The minimum Gasteiger partial charge on any atom is -0.493 e. The largest absolute Gasteiger partial charge is 0.493 e. The molecule has 1 aliphatic rings. The minimum atomic E-state index is -0.112. The molecule has 0 spiro atoms. The lowest BCUT2D eigenvalue weighted by molar-refractivity contribution is 0.106. The fraction of sp³-hybridized carbons (Fsp3) is 0.263. The highest BCUT2D eigenvalue weighted by Crippen LogP contribution is 2.32. The number of aryl methyl sites for hydroxylation is 1. The predicted octanol–water partition coefficient (Wildman–Crippen LogP) is 2.94. The van der Waals surface area contributed by atoms with Crippen LogP contribution in [0.5, 0.6) is 11.5 Å². The molecule has 2 aromatic carbocycles. The maximum atomic E-state index is 12.8. The van der Waals surface area contributed by atoms with Gasteiger partial charge in [0, 0.05) is 12.1 Å². The lowest BCUT2D eigenvalue weighted by atomic mass is 9.90. The molecule has 24 heavy (non-hydrogen) atoms. The van der Waals surface area contributed by atoms with Crippen LogP contribution in [0.3, 0.4) is 0 Å². The van der Waals surface area contributed by atoms with Crippen LogP contribution in [0.4, 0.5) is 0 Å². The van der Waals surface area contributed by atoms with Crippen molar-refractivity contribution < 1.29 is 14.3 Å². The summed E-state index contributed by atoms with van der Waals surface area (Å²) >= 11 is 0. The topological polar surface area (TPSA) is 59.9 Å². The second-order valence-electron chi connectivity index (χ2n) is 5.72. The Labute approximate surface area is 141 Å². The normalized spacial score (nSPS) is 16.3. The monoisotopic (exact) mass is 324 g/mol. The number of ether oxygens (including phenoxy) is 2. The van der Waals surface area contributed by atoms with Crippen LogP contribution in [0.25, 0.3) is 0 Å². The van der Waals surface area contributed by atoms with Crippen LogP contribution < -0.4 is 14.9 Å². The van der Waals surface area contributed by atoms with Gasteiger partial charge < -0.3 is 14.9 Å². The molecule has 1 atom stereocenters. The van der Waals surface area contributed by atoms with Crippen molar-refractivity contribution >= 4 is 11.5 Å². The Hall–Kier alpha value is -2.82. The summed E-state index contributed by atoms with van der Waals surface area (Å²) in [5.74, 6) is 1.14. The maximum Gasteiger partial charge on any atom is 0.209 e. The van der Waals surface area contributed by atoms with Crippen LogP contribution in [0, 0.1) is 6.92 Å². The van der Waals surface area contributed by atoms with E-state index < -0.39 is 0 Å². The molecule has 1 N–H and O–H groups in total. The molecule has 0 aromatic heterocycles. The second kappa shape index (κ2) is 6.74. The number of carbonyl (C=O) groups excluding carboxylic acids is 1. The number of ketones is 1. The molecule has 3 rings (SSSR count). The number of hydrazone groups is 1. The van der Waals surface area contributed by atoms with Crippen molar-refractivity contribution in [3.05, 3.63) is 59.2 Å². The maximum absolute atomic E-state index is 12.8. The van der Waals surface area contributed by atoms with Gasteiger partial charge in [0.05, 0.1) is 20.1 Å². The van der Waals surface area contributed by atoms with E-state index in [2.05, 4.69) is 10.5 Å². The van der Waals surface area contributed by atoms with Crippen molar-refractivity contribution in [1.29, 1.82) is 0 Å². The average Bonchev–Trinajstić information content (AvgIpc) is 3.10. The SMILES string of the molecule is COc1ccc(C2CNN=C2C(=O)c2ccc(C)cc2)cc1OC. The smallest absolute Gasteiger partial charge is 0.209 e. The molecule has 124 valence electrons. The molecule has 5 nitrogen and oxygen atoms in total. The molecule has 0 aliphatic carbocycles. The molecule has 0 bridgehead atoms. The molecule has 5 heteroatoms. The molecule has 0 saturated heterocycles. The summed E-state index contributed by atoms with van der Waals surface area (Å²) in [6, 6.07) is 13.2. The number of carbonyl (C=O) groups is 1. The molecule has 1 aliphatic heterocycles. The van der Waals surface area contributed by atoms with Gasteiger partial charge in [0.15, 0.2) is 11.5 Å². The van der Waals surface area contributed by atoms with Gasteiger partial charge >= 0.3 is 0 Å². The van der Waals surface area contributed by atoms with Crippen molar-refractivity contribution in [3.8, 4) is 11.5 Å². The van der Waals surface area contributed by atoms with Crippen LogP contribution in [0.15, 0.2) is 47.6 Å². The van der Waals surface area contributed by atoms with E-state index in [9.17, 15) is 4.79 Å². The Morgan fingerprint density at radius 3 is 2.46 bits per heavy atom. The summed E-state index contributed by atoms with van der Waals surface area (Å²) in [5.41, 5.74) is 6.20. The molecule has 0 amide bonds. The lowest BCUT2D eigenvalue weighted by Crippen LogP contribution is -2.21. The van der Waals surface area contributed by atoms with E-state index >= 15 is 0 Å². The van der Waals surface area contributed by atoms with Gasteiger partial charge in [0.25, 0.3) is 0 Å². The van der Waals surface area contributed by atoms with Crippen LogP contribution >= 0.6 is 0 Å². The van der Waals surface area contributed by atoms with Crippen molar-refractivity contribution in [2.24, 2.45) is 5.10 Å². The van der Waals surface area contributed by atoms with Gasteiger partial charge in [-0.25, -0.2) is 0 Å². The highest BCUT2D eigenvalue weighted by Gasteiger charge is 2.30. The molecule has 1 unspecified atom stereocenters.